The molecule has 5 amide bonds. The Kier molecular flexibility index (Phi) is 6.53. The quantitative estimate of drug-likeness (QED) is 0.462. The Labute approximate surface area is 196 Å². The number of benzene rings is 1. The standard InChI is InChI=1S/C22H24N4O7S/c1-15-7-8-17(34(31,32)24-9-3-2-4-10-24)12-18(15)23-19(27)14-26-21(29)20(28)25(22(26)30)13-16-6-5-11-33-16/h5-8,11-12H,2-4,9-10,13-14H2,1H3,(H,23,27). The van der Waals surface area contributed by atoms with Crippen LogP contribution in [0.15, 0.2) is 45.9 Å². The van der Waals surface area contributed by atoms with Crippen LogP contribution >= 0.6 is 0 Å². The number of rotatable bonds is 7. The van der Waals surface area contributed by atoms with Gasteiger partial charge in [0.15, 0.2) is 0 Å². The molecule has 0 unspecified atom stereocenters. The zero-order valence-corrected chi connectivity index (χ0v) is 19.3. The highest BCUT2D eigenvalue weighted by molar-refractivity contribution is 7.89. The minimum Gasteiger partial charge on any atom is -0.467 e. The number of furan rings is 1. The second-order valence-electron chi connectivity index (χ2n) is 8.13. The van der Waals surface area contributed by atoms with E-state index in [0.29, 0.717) is 34.2 Å². The number of nitrogens with zero attached hydrogens (tertiary/aromatic N) is 3. The van der Waals surface area contributed by atoms with Gasteiger partial charge < -0.3 is 9.73 Å². The second-order valence-corrected chi connectivity index (χ2v) is 10.1. The minimum absolute atomic E-state index is 0.0448. The number of anilines is 1. The summed E-state index contributed by atoms with van der Waals surface area (Å²) in [4.78, 5) is 51.0. The third-order valence-electron chi connectivity index (χ3n) is 5.77. The van der Waals surface area contributed by atoms with Crippen molar-refractivity contribution in [1.82, 2.24) is 14.1 Å². The maximum absolute atomic E-state index is 13.0. The van der Waals surface area contributed by atoms with E-state index >= 15 is 0 Å². The number of sulfonamides is 1. The molecule has 1 aromatic heterocycles. The van der Waals surface area contributed by atoms with Gasteiger partial charge in [-0.15, -0.1) is 0 Å². The molecule has 34 heavy (non-hydrogen) atoms. The summed E-state index contributed by atoms with van der Waals surface area (Å²) in [6.45, 7) is 1.65. The third kappa shape index (κ3) is 4.59. The van der Waals surface area contributed by atoms with Gasteiger partial charge in [0.2, 0.25) is 15.9 Å². The lowest BCUT2D eigenvalue weighted by Gasteiger charge is -2.26. The molecule has 0 bridgehead atoms. The van der Waals surface area contributed by atoms with Crippen molar-refractivity contribution in [1.29, 1.82) is 0 Å². The lowest BCUT2D eigenvalue weighted by atomic mass is 10.2. The van der Waals surface area contributed by atoms with E-state index in [2.05, 4.69) is 5.32 Å². The van der Waals surface area contributed by atoms with Crippen LogP contribution in [-0.4, -0.2) is 65.9 Å². The van der Waals surface area contributed by atoms with Gasteiger partial charge >= 0.3 is 17.8 Å². The van der Waals surface area contributed by atoms with Gasteiger partial charge in [-0.2, -0.15) is 4.31 Å². The molecule has 0 spiro atoms. The Morgan fingerprint density at radius 3 is 2.41 bits per heavy atom. The maximum atomic E-state index is 13.0. The molecule has 3 heterocycles. The van der Waals surface area contributed by atoms with E-state index in [-0.39, 0.29) is 17.1 Å². The average Bonchev–Trinajstić information content (AvgIpc) is 3.40. The third-order valence-corrected chi connectivity index (χ3v) is 7.66. The maximum Gasteiger partial charge on any atom is 0.335 e. The number of piperidine rings is 1. The van der Waals surface area contributed by atoms with Crippen molar-refractivity contribution >= 4 is 39.5 Å². The number of hydrogen-bond acceptors (Lipinski definition) is 7. The van der Waals surface area contributed by atoms with Crippen LogP contribution in [0.4, 0.5) is 10.5 Å². The van der Waals surface area contributed by atoms with Crippen LogP contribution in [0.2, 0.25) is 0 Å². The number of amides is 5. The highest BCUT2D eigenvalue weighted by Gasteiger charge is 2.45. The Bertz CT molecular complexity index is 1230. The topological polar surface area (TPSA) is 137 Å². The molecule has 0 aliphatic carbocycles. The van der Waals surface area contributed by atoms with E-state index in [0.717, 1.165) is 19.3 Å². The highest BCUT2D eigenvalue weighted by atomic mass is 32.2. The van der Waals surface area contributed by atoms with Crippen molar-refractivity contribution < 1.29 is 32.0 Å². The highest BCUT2D eigenvalue weighted by Crippen LogP contribution is 2.25. The molecule has 2 fully saturated rings. The van der Waals surface area contributed by atoms with Gasteiger partial charge in [0.1, 0.15) is 12.3 Å². The van der Waals surface area contributed by atoms with Gasteiger partial charge in [0.25, 0.3) is 0 Å². The van der Waals surface area contributed by atoms with Gasteiger partial charge in [-0.25, -0.2) is 23.0 Å². The van der Waals surface area contributed by atoms with Gasteiger partial charge in [-0.3, -0.25) is 14.4 Å². The van der Waals surface area contributed by atoms with Gasteiger partial charge in [0, 0.05) is 18.8 Å². The van der Waals surface area contributed by atoms with Crippen LogP contribution in [0, 0.1) is 6.92 Å². The lowest BCUT2D eigenvalue weighted by molar-refractivity contribution is -0.144. The van der Waals surface area contributed by atoms with Crippen LogP contribution in [0.1, 0.15) is 30.6 Å². The summed E-state index contributed by atoms with van der Waals surface area (Å²) in [7, 11) is -3.71. The number of urea groups is 1. The van der Waals surface area contributed by atoms with Crippen LogP contribution in [0.25, 0.3) is 0 Å². The summed E-state index contributed by atoms with van der Waals surface area (Å²) in [6.07, 6.45) is 3.94. The molecule has 2 saturated heterocycles. The first-order valence-electron chi connectivity index (χ1n) is 10.8. The number of hydrogen-bond donors (Lipinski definition) is 1. The number of aryl methyl sites for hydroxylation is 1. The monoisotopic (exact) mass is 488 g/mol. The largest absolute Gasteiger partial charge is 0.467 e. The van der Waals surface area contributed by atoms with Crippen LogP contribution in [0.5, 0.6) is 0 Å². The molecule has 0 saturated carbocycles. The zero-order chi connectivity index (χ0) is 24.5. The molecule has 2 aliphatic rings. The second kappa shape index (κ2) is 9.39. The summed E-state index contributed by atoms with van der Waals surface area (Å²) >= 11 is 0. The predicted octanol–water partition coefficient (Wildman–Crippen LogP) is 1.69. The molecular weight excluding hydrogens is 464 g/mol. The van der Waals surface area contributed by atoms with Crippen molar-refractivity contribution in [3.05, 3.63) is 47.9 Å². The first kappa shape index (κ1) is 23.6. The molecule has 1 N–H and O–H groups in total. The SMILES string of the molecule is Cc1ccc(S(=O)(=O)N2CCCCC2)cc1NC(=O)CN1C(=O)C(=O)N(Cc2ccco2)C1=O. The lowest BCUT2D eigenvalue weighted by Crippen LogP contribution is -2.39. The number of imide groups is 2. The molecule has 180 valence electrons. The zero-order valence-electron chi connectivity index (χ0n) is 18.5. The van der Waals surface area contributed by atoms with E-state index in [4.69, 9.17) is 4.42 Å². The van der Waals surface area contributed by atoms with E-state index < -0.39 is 40.3 Å². The summed E-state index contributed by atoms with van der Waals surface area (Å²) in [5.41, 5.74) is 0.835. The van der Waals surface area contributed by atoms with E-state index in [1.54, 1.807) is 25.1 Å². The minimum atomic E-state index is -3.71. The molecule has 2 aliphatic heterocycles. The predicted molar refractivity (Wildman–Crippen MR) is 119 cm³/mol. The molecule has 11 nitrogen and oxygen atoms in total. The summed E-state index contributed by atoms with van der Waals surface area (Å²) in [6, 6.07) is 6.61. The smallest absolute Gasteiger partial charge is 0.335 e. The first-order chi connectivity index (χ1) is 16.2. The fourth-order valence-electron chi connectivity index (χ4n) is 3.87. The Morgan fingerprint density at radius 1 is 1.03 bits per heavy atom. The fraction of sp³-hybridized carbons (Fsp3) is 0.364. The van der Waals surface area contributed by atoms with Crippen molar-refractivity contribution in [2.24, 2.45) is 0 Å². The van der Waals surface area contributed by atoms with Gasteiger partial charge in [0.05, 0.1) is 17.7 Å². The van der Waals surface area contributed by atoms with Gasteiger partial charge in [-0.05, 0) is 49.6 Å². The summed E-state index contributed by atoms with van der Waals surface area (Å²) in [5.74, 6) is -2.61. The van der Waals surface area contributed by atoms with Crippen molar-refractivity contribution in [3.63, 3.8) is 0 Å². The van der Waals surface area contributed by atoms with Crippen molar-refractivity contribution in [2.75, 3.05) is 25.0 Å². The number of nitrogens with one attached hydrogen (secondary N) is 1. The van der Waals surface area contributed by atoms with Crippen LogP contribution in [0.3, 0.4) is 0 Å². The Balaban J connectivity index is 1.46. The number of carbonyl (C=O) groups excluding carboxylic acids is 4. The Morgan fingerprint density at radius 2 is 1.74 bits per heavy atom. The van der Waals surface area contributed by atoms with Crippen LogP contribution < -0.4 is 5.32 Å². The first-order valence-corrected chi connectivity index (χ1v) is 12.2. The molecule has 4 rings (SSSR count). The molecule has 0 atom stereocenters. The van der Waals surface area contributed by atoms with E-state index in [1.807, 2.05) is 0 Å². The molecule has 1 aromatic carbocycles. The van der Waals surface area contributed by atoms with Crippen molar-refractivity contribution in [2.45, 2.75) is 37.6 Å². The van der Waals surface area contributed by atoms with E-state index in [1.165, 1.54) is 22.7 Å². The normalized spacial score (nSPS) is 17.5. The molecule has 0 radical (unpaired) electrons. The van der Waals surface area contributed by atoms with E-state index in [9.17, 15) is 27.6 Å². The molecule has 12 heteroatoms. The summed E-state index contributed by atoms with van der Waals surface area (Å²) in [5, 5.41) is 2.55. The number of carbonyl (C=O) groups is 4. The van der Waals surface area contributed by atoms with Crippen LogP contribution in [-0.2, 0) is 31.0 Å². The fourth-order valence-corrected chi connectivity index (χ4v) is 5.42. The Hall–Kier alpha value is -3.51. The average molecular weight is 489 g/mol. The van der Waals surface area contributed by atoms with Crippen molar-refractivity contribution in [3.8, 4) is 0 Å². The summed E-state index contributed by atoms with van der Waals surface area (Å²) < 4.78 is 32.5. The van der Waals surface area contributed by atoms with Gasteiger partial charge in [-0.1, -0.05) is 12.5 Å². The molecule has 2 aromatic rings. The molecular formula is C22H24N4O7S.